The van der Waals surface area contributed by atoms with E-state index in [0.29, 0.717) is 11.5 Å². The molecule has 0 bridgehead atoms. The fraction of sp³-hybridized carbons (Fsp3) is 0.256. The van der Waals surface area contributed by atoms with E-state index in [2.05, 4.69) is 146 Å². The normalized spacial score (nSPS) is 12.0. The summed E-state index contributed by atoms with van der Waals surface area (Å²) < 4.78 is 10.7. The summed E-state index contributed by atoms with van der Waals surface area (Å²) in [5.74, 6) is 2.09. The molecule has 0 radical (unpaired) electrons. The van der Waals surface area contributed by atoms with E-state index in [-0.39, 0.29) is 31.9 Å². The minimum Gasteiger partial charge on any atom is -0.509 e. The summed E-state index contributed by atoms with van der Waals surface area (Å²) in [6.07, 6.45) is 1.91. The van der Waals surface area contributed by atoms with Gasteiger partial charge in [-0.3, -0.25) is 4.68 Å². The van der Waals surface area contributed by atoms with Gasteiger partial charge >= 0.3 is 21.1 Å². The van der Waals surface area contributed by atoms with Crippen LogP contribution in [0.2, 0.25) is 0 Å². The molecule has 0 aliphatic heterocycles. The van der Waals surface area contributed by atoms with Gasteiger partial charge in [0.05, 0.1) is 5.69 Å². The van der Waals surface area contributed by atoms with Crippen LogP contribution < -0.4 is 4.74 Å². The number of ether oxygens (including phenoxy) is 1. The maximum atomic E-state index is 6.55. The fourth-order valence-corrected chi connectivity index (χ4v) is 6.55. The number of aromatic nitrogens is 4. The molecule has 0 unspecified atom stereocenters. The van der Waals surface area contributed by atoms with E-state index < -0.39 is 0 Å². The summed E-state index contributed by atoms with van der Waals surface area (Å²) in [7, 11) is 0. The zero-order chi connectivity index (χ0) is 34.0. The van der Waals surface area contributed by atoms with E-state index in [1.54, 1.807) is 0 Å². The molecule has 0 aliphatic rings. The zero-order valence-corrected chi connectivity index (χ0v) is 31.9. The van der Waals surface area contributed by atoms with Crippen molar-refractivity contribution in [2.24, 2.45) is 0 Å². The van der Waals surface area contributed by atoms with Gasteiger partial charge in [0.25, 0.3) is 0 Å². The first-order chi connectivity index (χ1) is 22.8. The summed E-state index contributed by atoms with van der Waals surface area (Å²) >= 11 is 0. The first-order valence-corrected chi connectivity index (χ1v) is 16.6. The Balaban J connectivity index is 0.00000417. The van der Waals surface area contributed by atoms with E-state index in [1.165, 1.54) is 16.5 Å². The molecule has 0 amide bonds. The number of hydrogen-bond donors (Lipinski definition) is 0. The third-order valence-corrected chi connectivity index (χ3v) is 9.13. The Morgan fingerprint density at radius 3 is 2.12 bits per heavy atom. The molecule has 0 spiro atoms. The van der Waals surface area contributed by atoms with Gasteiger partial charge in [-0.15, -0.1) is 35.7 Å². The number of fused-ring (bicyclic) bond motifs is 3. The molecule has 0 atom stereocenters. The molecule has 4 aromatic carbocycles. The molecule has 7 rings (SSSR count). The molecule has 0 fully saturated rings. The van der Waals surface area contributed by atoms with Crippen LogP contribution in [0.4, 0.5) is 0 Å². The number of benzene rings is 4. The van der Waals surface area contributed by atoms with Crippen LogP contribution in [0.3, 0.4) is 0 Å². The Hall–Kier alpha value is -4.47. The second kappa shape index (κ2) is 12.8. The van der Waals surface area contributed by atoms with E-state index in [9.17, 15) is 0 Å². The first kappa shape index (κ1) is 34.4. The predicted octanol–water partition coefficient (Wildman–Crippen LogP) is 10.9. The van der Waals surface area contributed by atoms with Gasteiger partial charge in [0.2, 0.25) is 0 Å². The molecule has 3 aromatic heterocycles. The topological polar surface area (TPSA) is 44.9 Å². The van der Waals surface area contributed by atoms with Crippen LogP contribution >= 0.6 is 0 Å². The molecule has 0 aliphatic carbocycles. The summed E-state index contributed by atoms with van der Waals surface area (Å²) in [6.45, 7) is 19.7. The van der Waals surface area contributed by atoms with Crippen LogP contribution in [0.25, 0.3) is 44.4 Å². The van der Waals surface area contributed by atoms with Crippen molar-refractivity contribution >= 4 is 21.8 Å². The van der Waals surface area contributed by atoms with Crippen LogP contribution in [0.5, 0.6) is 11.5 Å². The van der Waals surface area contributed by atoms with Crippen LogP contribution in [-0.4, -0.2) is 19.3 Å². The molecule has 6 heteroatoms. The average Bonchev–Trinajstić information content (AvgIpc) is 3.52. The van der Waals surface area contributed by atoms with Gasteiger partial charge in [0, 0.05) is 34.5 Å². The molecule has 250 valence electrons. The van der Waals surface area contributed by atoms with Gasteiger partial charge in [-0.05, 0) is 70.6 Å². The summed E-state index contributed by atoms with van der Waals surface area (Å²) in [4.78, 5) is 4.86. The molecule has 3 heterocycles. The Bertz CT molecular complexity index is 2320. The quantitative estimate of drug-likeness (QED) is 0.162. The molecule has 5 nitrogen and oxygen atoms in total. The molecule has 0 N–H and O–H groups in total. The fourth-order valence-electron chi connectivity index (χ4n) is 6.55. The van der Waals surface area contributed by atoms with Crippen molar-refractivity contribution < 1.29 is 25.8 Å². The second-order valence-electron chi connectivity index (χ2n) is 14.9. The molecule has 7 aromatic rings. The van der Waals surface area contributed by atoms with Gasteiger partial charge < -0.3 is 9.30 Å². The summed E-state index contributed by atoms with van der Waals surface area (Å²) in [5.41, 5.74) is 10.7. The molecule has 0 saturated carbocycles. The van der Waals surface area contributed by atoms with Crippen molar-refractivity contribution in [3.05, 3.63) is 131 Å². The Kier molecular flexibility index (Phi) is 8.96. The number of aryl methyl sites for hydroxylation is 2. The van der Waals surface area contributed by atoms with Crippen molar-refractivity contribution in [3.8, 4) is 34.1 Å². The molecular formula is C43H42N4OPt. The van der Waals surface area contributed by atoms with Crippen molar-refractivity contribution in [2.45, 2.75) is 73.1 Å². The SMILES string of the molecule is Cc1cc(Oc2[c-]c3c(cc2)c2cc(C(C)(C)C)ccc2n3-c2cc(C(C)(C)C)ccn2)[c-]c(-n2nc(C)c(-c3ccccc3)c2C)c1.[Pt+2]. The van der Waals surface area contributed by atoms with Crippen molar-refractivity contribution in [1.82, 2.24) is 19.3 Å². The number of nitrogens with zero attached hydrogens (tertiary/aromatic N) is 4. The van der Waals surface area contributed by atoms with E-state index in [1.807, 2.05) is 29.1 Å². The first-order valence-electron chi connectivity index (χ1n) is 16.6. The average molecular weight is 826 g/mol. The molecule has 0 saturated heterocycles. The third kappa shape index (κ3) is 6.49. The molecule has 49 heavy (non-hydrogen) atoms. The van der Waals surface area contributed by atoms with E-state index in [4.69, 9.17) is 14.8 Å². The van der Waals surface area contributed by atoms with Gasteiger partial charge in [-0.25, -0.2) is 4.98 Å². The maximum absolute atomic E-state index is 6.55. The van der Waals surface area contributed by atoms with Crippen LogP contribution in [0.15, 0.2) is 91.1 Å². The third-order valence-electron chi connectivity index (χ3n) is 9.13. The standard InChI is InChI=1S/C43H42N4O.Pt/c1-27-21-33(47-29(3)41(28(2)45-47)30-13-11-10-12-14-30)25-35(22-27)48-34-16-17-36-37-23-31(42(4,5)6)15-18-38(37)46(39(36)26-34)40-24-32(19-20-44-40)43(7,8)9;/h10-24H,1-9H3;/q-2;+2. The smallest absolute Gasteiger partial charge is 0.509 e. The van der Waals surface area contributed by atoms with Crippen molar-refractivity contribution in [1.29, 1.82) is 0 Å². The largest absolute Gasteiger partial charge is 2.00 e. The summed E-state index contributed by atoms with van der Waals surface area (Å²) in [5, 5.41) is 7.20. The Morgan fingerprint density at radius 1 is 0.694 bits per heavy atom. The minimum atomic E-state index is -0.0140. The minimum absolute atomic E-state index is 0. The number of rotatable bonds is 5. The Labute approximate surface area is 304 Å². The van der Waals surface area contributed by atoms with Crippen molar-refractivity contribution in [2.75, 3.05) is 0 Å². The molecular weight excluding hydrogens is 784 g/mol. The van der Waals surface area contributed by atoms with Crippen molar-refractivity contribution in [3.63, 3.8) is 0 Å². The second-order valence-corrected chi connectivity index (χ2v) is 14.9. The van der Waals surface area contributed by atoms with Gasteiger partial charge in [0.15, 0.2) is 0 Å². The zero-order valence-electron chi connectivity index (χ0n) is 29.7. The predicted molar refractivity (Wildman–Crippen MR) is 197 cm³/mol. The van der Waals surface area contributed by atoms with Crippen LogP contribution in [-0.2, 0) is 31.9 Å². The number of pyridine rings is 1. The van der Waals surface area contributed by atoms with E-state index >= 15 is 0 Å². The number of hydrogen-bond acceptors (Lipinski definition) is 3. The van der Waals surface area contributed by atoms with Gasteiger partial charge in [-0.2, -0.15) is 16.7 Å². The van der Waals surface area contributed by atoms with Gasteiger partial charge in [0.1, 0.15) is 5.82 Å². The van der Waals surface area contributed by atoms with Crippen LogP contribution in [0, 0.1) is 32.9 Å². The monoisotopic (exact) mass is 825 g/mol. The van der Waals surface area contributed by atoms with E-state index in [0.717, 1.165) is 56.0 Å². The maximum Gasteiger partial charge on any atom is 2.00 e. The summed E-state index contributed by atoms with van der Waals surface area (Å²) in [6, 6.07) is 36.8. The van der Waals surface area contributed by atoms with Gasteiger partial charge in [-0.1, -0.05) is 96.4 Å². The van der Waals surface area contributed by atoms with Crippen LogP contribution in [0.1, 0.15) is 69.6 Å². The Morgan fingerprint density at radius 2 is 1.41 bits per heavy atom.